The average molecular weight is 314 g/mol. The molecule has 4 N–H and O–H groups in total. The van der Waals surface area contributed by atoms with Gasteiger partial charge in [0.25, 0.3) is 0 Å². The van der Waals surface area contributed by atoms with E-state index < -0.39 is 17.9 Å². The second-order valence-corrected chi connectivity index (χ2v) is 1.47. The normalized spacial score (nSPS) is 5.00. The summed E-state index contributed by atoms with van der Waals surface area (Å²) < 4.78 is 0. The van der Waals surface area contributed by atoms with Crippen molar-refractivity contribution in [2.75, 3.05) is 0 Å². The van der Waals surface area contributed by atoms with Gasteiger partial charge in [-0.3, -0.25) is 0 Å². The summed E-state index contributed by atoms with van der Waals surface area (Å²) in [7, 11) is 0. The van der Waals surface area contributed by atoms with Crippen LogP contribution in [0.3, 0.4) is 0 Å². The number of hydrogen-bond donors (Lipinski definition) is 0. The first-order valence-electron chi connectivity index (χ1n) is 2.72. The minimum atomic E-state index is -1.08. The minimum absolute atomic E-state index is 0. The summed E-state index contributed by atoms with van der Waals surface area (Å²) in [4.78, 5) is 26.7. The van der Waals surface area contributed by atoms with Crippen molar-refractivity contribution >= 4 is 17.9 Å². The van der Waals surface area contributed by atoms with E-state index in [4.69, 9.17) is 29.7 Å². The predicted molar refractivity (Wildman–Crippen MR) is 39.3 cm³/mol. The van der Waals surface area contributed by atoms with Gasteiger partial charge in [-0.05, 0) is 20.8 Å². The van der Waals surface area contributed by atoms with E-state index in [0.717, 1.165) is 20.8 Å². The Balaban J connectivity index is -0.0000000184. The van der Waals surface area contributed by atoms with Crippen molar-refractivity contribution in [3.8, 4) is 0 Å². The Kier molecular flexibility index (Phi) is 72.2. The van der Waals surface area contributed by atoms with Crippen LogP contribution >= 0.6 is 0 Å². The molecular weight excluding hydrogens is 301 g/mol. The second kappa shape index (κ2) is 29.3. The molecule has 93 valence electrons. The van der Waals surface area contributed by atoms with Gasteiger partial charge in [-0.2, -0.15) is 0 Å². The fraction of sp³-hybridized carbons (Fsp3) is 0.500. The minimum Gasteiger partial charge on any atom is -0.550 e. The van der Waals surface area contributed by atoms with Crippen molar-refractivity contribution in [1.29, 1.82) is 0 Å². The maximum Gasteiger partial charge on any atom is 3.00 e. The molecule has 0 saturated carbocycles. The predicted octanol–water partition coefficient (Wildman–Crippen LogP) is -5.38. The fourth-order valence-corrected chi connectivity index (χ4v) is 0. The molecule has 0 atom stereocenters. The van der Waals surface area contributed by atoms with Gasteiger partial charge < -0.3 is 40.7 Å². The maximum absolute atomic E-state index is 8.89. The molecule has 8 nitrogen and oxygen atoms in total. The SMILES string of the molecule is CC(=O)[O-].CC(=O)[O-].CC(=O)[O-].O.O.[Ru+3]. The van der Waals surface area contributed by atoms with Gasteiger partial charge in [-0.25, -0.2) is 0 Å². The number of carboxylic acids is 3. The third kappa shape index (κ3) is 1420. The molecule has 0 aromatic carbocycles. The summed E-state index contributed by atoms with van der Waals surface area (Å²) in [6.45, 7) is 2.92. The Hall–Kier alpha value is -1.05. The summed E-state index contributed by atoms with van der Waals surface area (Å²) in [6, 6.07) is 0. The molecule has 0 aromatic rings. The first kappa shape index (κ1) is 37.0. The third-order valence-electron chi connectivity index (χ3n) is 0. The van der Waals surface area contributed by atoms with E-state index in [-0.39, 0.29) is 30.4 Å². The first-order valence-corrected chi connectivity index (χ1v) is 2.72. The van der Waals surface area contributed by atoms with E-state index >= 15 is 0 Å². The van der Waals surface area contributed by atoms with Gasteiger partial charge in [0.2, 0.25) is 0 Å². The summed E-state index contributed by atoms with van der Waals surface area (Å²) in [5.74, 6) is -3.25. The zero-order valence-corrected chi connectivity index (χ0v) is 10.0. The summed E-state index contributed by atoms with van der Waals surface area (Å²) in [6.07, 6.45) is 0. The molecule has 15 heavy (non-hydrogen) atoms. The van der Waals surface area contributed by atoms with Crippen LogP contribution in [-0.2, 0) is 33.9 Å². The van der Waals surface area contributed by atoms with E-state index in [9.17, 15) is 0 Å². The van der Waals surface area contributed by atoms with Crippen LogP contribution in [0.15, 0.2) is 0 Å². The Bertz CT molecular complexity index is 117. The molecule has 0 saturated heterocycles. The van der Waals surface area contributed by atoms with Crippen LogP contribution in [-0.4, -0.2) is 28.9 Å². The van der Waals surface area contributed by atoms with E-state index in [0.29, 0.717) is 0 Å². The van der Waals surface area contributed by atoms with E-state index in [1.165, 1.54) is 0 Å². The third-order valence-corrected chi connectivity index (χ3v) is 0. The van der Waals surface area contributed by atoms with Crippen molar-refractivity contribution in [3.63, 3.8) is 0 Å². The van der Waals surface area contributed by atoms with Crippen molar-refractivity contribution in [1.82, 2.24) is 0 Å². The zero-order valence-electron chi connectivity index (χ0n) is 8.30. The van der Waals surface area contributed by atoms with Gasteiger partial charge in [0.05, 0.1) is 0 Å². The number of carbonyl (C=O) groups excluding carboxylic acids is 3. The quantitative estimate of drug-likeness (QED) is 0.402. The van der Waals surface area contributed by atoms with Crippen LogP contribution in [0, 0.1) is 0 Å². The monoisotopic (exact) mass is 315 g/mol. The largest absolute Gasteiger partial charge is 3.00 e. The van der Waals surface area contributed by atoms with Crippen LogP contribution in [0.2, 0.25) is 0 Å². The van der Waals surface area contributed by atoms with Crippen molar-refractivity contribution in [3.05, 3.63) is 0 Å². The molecule has 0 heterocycles. The number of carboxylic acid groups (broad SMARTS) is 3. The van der Waals surface area contributed by atoms with Crippen molar-refractivity contribution < 1.29 is 60.1 Å². The van der Waals surface area contributed by atoms with Gasteiger partial charge in [0.15, 0.2) is 0 Å². The summed E-state index contributed by atoms with van der Waals surface area (Å²) in [5, 5.41) is 26.7. The Morgan fingerprint density at radius 3 is 0.667 bits per heavy atom. The maximum atomic E-state index is 8.89. The van der Waals surface area contributed by atoms with Gasteiger partial charge >= 0.3 is 19.5 Å². The van der Waals surface area contributed by atoms with Gasteiger partial charge in [0, 0.05) is 17.9 Å². The van der Waals surface area contributed by atoms with Crippen LogP contribution < -0.4 is 15.3 Å². The van der Waals surface area contributed by atoms with Crippen LogP contribution in [0.1, 0.15) is 20.8 Å². The zero-order chi connectivity index (χ0) is 10.7. The van der Waals surface area contributed by atoms with Crippen molar-refractivity contribution in [2.45, 2.75) is 20.8 Å². The summed E-state index contributed by atoms with van der Waals surface area (Å²) >= 11 is 0. The smallest absolute Gasteiger partial charge is 0.550 e. The Morgan fingerprint density at radius 2 is 0.667 bits per heavy atom. The van der Waals surface area contributed by atoms with Crippen LogP contribution in [0.5, 0.6) is 0 Å². The van der Waals surface area contributed by atoms with Crippen molar-refractivity contribution in [2.24, 2.45) is 0 Å². The van der Waals surface area contributed by atoms with Gasteiger partial charge in [0.1, 0.15) is 0 Å². The molecule has 0 fully saturated rings. The summed E-state index contributed by atoms with van der Waals surface area (Å²) in [5.41, 5.74) is 0. The van der Waals surface area contributed by atoms with E-state index in [1.54, 1.807) is 0 Å². The molecule has 0 bridgehead atoms. The molecule has 1 radical (unpaired) electrons. The van der Waals surface area contributed by atoms with Gasteiger partial charge in [-0.15, -0.1) is 0 Å². The standard InChI is InChI=1S/3C2H4O2.2H2O.Ru/c3*1-2(3)4;;;/h3*1H3,(H,3,4);2*1H2;/q;;;;;+3/p-3. The number of rotatable bonds is 0. The fourth-order valence-electron chi connectivity index (χ4n) is 0. The molecule has 0 aromatic heterocycles. The van der Waals surface area contributed by atoms with E-state index in [1.807, 2.05) is 0 Å². The van der Waals surface area contributed by atoms with Gasteiger partial charge in [-0.1, -0.05) is 0 Å². The molecule has 0 spiro atoms. The number of carbonyl (C=O) groups is 3. The topological polar surface area (TPSA) is 183 Å². The van der Waals surface area contributed by atoms with Crippen LogP contribution in [0.4, 0.5) is 0 Å². The molecule has 0 unspecified atom stereocenters. The van der Waals surface area contributed by atoms with E-state index in [2.05, 4.69) is 0 Å². The molecule has 0 aliphatic rings. The molecule has 0 aliphatic carbocycles. The number of aliphatic carboxylic acids is 3. The Morgan fingerprint density at radius 1 is 0.667 bits per heavy atom. The second-order valence-electron chi connectivity index (χ2n) is 1.47. The first-order chi connectivity index (χ1) is 5.20. The average Bonchev–Trinajstić information content (AvgIpc) is 1.54. The molecule has 9 heteroatoms. The molecule has 0 rings (SSSR count). The molecule has 0 amide bonds. The molecule has 0 aliphatic heterocycles. The van der Waals surface area contributed by atoms with Crippen LogP contribution in [0.25, 0.3) is 0 Å². The molecular formula is C6H13O8Ru. The Labute approximate surface area is 99.3 Å². The number of hydrogen-bond acceptors (Lipinski definition) is 6.